The van der Waals surface area contributed by atoms with Crippen molar-refractivity contribution in [1.29, 1.82) is 0 Å². The number of hydrogen-bond donors (Lipinski definition) is 0. The van der Waals surface area contributed by atoms with Crippen LogP contribution in [0.3, 0.4) is 0 Å². The van der Waals surface area contributed by atoms with E-state index < -0.39 is 5.82 Å². The summed E-state index contributed by atoms with van der Waals surface area (Å²) in [4.78, 5) is 22.0. The van der Waals surface area contributed by atoms with Crippen molar-refractivity contribution < 1.29 is 18.7 Å². The van der Waals surface area contributed by atoms with Gasteiger partial charge in [-0.2, -0.15) is 0 Å². The molecule has 4 rings (SSSR count). The van der Waals surface area contributed by atoms with Crippen molar-refractivity contribution in [3.63, 3.8) is 0 Å². The molecular weight excluding hydrogens is 411 g/mol. The number of hydrogen-bond acceptors (Lipinski definition) is 5. The zero-order valence-corrected chi connectivity index (χ0v) is 19.0. The van der Waals surface area contributed by atoms with Crippen molar-refractivity contribution in [3.8, 4) is 5.75 Å². The van der Waals surface area contributed by atoms with Gasteiger partial charge in [-0.3, -0.25) is 9.69 Å². The van der Waals surface area contributed by atoms with Crippen LogP contribution in [-0.4, -0.2) is 70.8 Å². The highest BCUT2D eigenvalue weighted by molar-refractivity contribution is 5.95. The van der Waals surface area contributed by atoms with E-state index in [1.807, 2.05) is 22.7 Å². The smallest absolute Gasteiger partial charge is 0.254 e. The number of benzene rings is 1. The standard InChI is InChI=1S/C24H33FN4O3/c1-27-13-10-26-23(27)17-28-11-4-3-6-20-21(31-2)7-5-12-29(20)24(30)18-8-9-19(25)22(16-18)32-15-14-28/h8-10,13,16,20-21H,3-7,11-12,14-15,17H2,1-2H3/t20-,21-/m1/s1. The number of imidazole rings is 1. The summed E-state index contributed by atoms with van der Waals surface area (Å²) in [5.74, 6) is 0.592. The summed E-state index contributed by atoms with van der Waals surface area (Å²) in [6.07, 6.45) is 8.52. The summed E-state index contributed by atoms with van der Waals surface area (Å²) in [5.41, 5.74) is 0.463. The molecule has 174 valence electrons. The van der Waals surface area contributed by atoms with Gasteiger partial charge in [0.1, 0.15) is 12.4 Å². The fourth-order valence-electron chi connectivity index (χ4n) is 4.80. The minimum absolute atomic E-state index is 0.0282. The molecule has 2 aliphatic heterocycles. The van der Waals surface area contributed by atoms with Crippen molar-refractivity contribution >= 4 is 5.91 Å². The molecular formula is C24H33FN4O3. The van der Waals surface area contributed by atoms with Gasteiger partial charge < -0.3 is 18.9 Å². The van der Waals surface area contributed by atoms with E-state index in [2.05, 4.69) is 9.88 Å². The number of piperidine rings is 1. The second-order valence-corrected chi connectivity index (χ2v) is 8.70. The maximum atomic E-state index is 14.4. The SMILES string of the molecule is CO[C@@H]1CCCN2C(=O)c3ccc(F)c(c3)OCCN(Cc3nccn3C)CCCC[C@H]12. The van der Waals surface area contributed by atoms with Gasteiger partial charge in [0.05, 0.1) is 18.7 Å². The van der Waals surface area contributed by atoms with Gasteiger partial charge in [0.25, 0.3) is 5.91 Å². The summed E-state index contributed by atoms with van der Waals surface area (Å²) in [6.45, 7) is 3.29. The summed E-state index contributed by atoms with van der Waals surface area (Å²) in [7, 11) is 3.71. The Balaban J connectivity index is 1.57. The number of aryl methyl sites for hydroxylation is 1. The van der Waals surface area contributed by atoms with Crippen LogP contribution >= 0.6 is 0 Å². The van der Waals surface area contributed by atoms with E-state index in [0.29, 0.717) is 31.8 Å². The van der Waals surface area contributed by atoms with E-state index in [0.717, 1.165) is 44.5 Å². The van der Waals surface area contributed by atoms with Gasteiger partial charge >= 0.3 is 0 Å². The van der Waals surface area contributed by atoms with E-state index in [1.54, 1.807) is 25.4 Å². The summed E-state index contributed by atoms with van der Waals surface area (Å²) >= 11 is 0. The van der Waals surface area contributed by atoms with E-state index in [9.17, 15) is 9.18 Å². The monoisotopic (exact) mass is 444 g/mol. The third kappa shape index (κ3) is 5.13. The molecule has 1 aromatic heterocycles. The number of fused-ring (bicyclic) bond motifs is 3. The topological polar surface area (TPSA) is 59.8 Å². The summed E-state index contributed by atoms with van der Waals surface area (Å²) in [5, 5.41) is 0. The maximum absolute atomic E-state index is 14.4. The predicted octanol–water partition coefficient (Wildman–Crippen LogP) is 3.24. The first-order valence-corrected chi connectivity index (χ1v) is 11.5. The number of halogens is 1. The number of ether oxygens (including phenoxy) is 2. The van der Waals surface area contributed by atoms with E-state index in [4.69, 9.17) is 9.47 Å². The Labute approximate surface area is 189 Å². The van der Waals surface area contributed by atoms with Crippen LogP contribution in [0.1, 0.15) is 48.3 Å². The third-order valence-electron chi connectivity index (χ3n) is 6.63. The molecule has 0 spiro atoms. The average Bonchev–Trinajstić information content (AvgIpc) is 3.20. The zero-order chi connectivity index (χ0) is 22.5. The molecule has 32 heavy (non-hydrogen) atoms. The van der Waals surface area contributed by atoms with Gasteiger partial charge in [-0.15, -0.1) is 0 Å². The van der Waals surface area contributed by atoms with Crippen LogP contribution in [0, 0.1) is 5.82 Å². The maximum Gasteiger partial charge on any atom is 0.254 e. The van der Waals surface area contributed by atoms with E-state index in [-0.39, 0.29) is 23.8 Å². The Hall–Kier alpha value is -2.45. The number of methoxy groups -OCH3 is 1. The summed E-state index contributed by atoms with van der Waals surface area (Å²) in [6, 6.07) is 4.45. The van der Waals surface area contributed by atoms with Crippen LogP contribution in [0.2, 0.25) is 0 Å². The van der Waals surface area contributed by atoms with Crippen molar-refractivity contribution in [2.75, 3.05) is 33.4 Å². The number of aromatic nitrogens is 2. The second-order valence-electron chi connectivity index (χ2n) is 8.70. The van der Waals surface area contributed by atoms with Crippen molar-refractivity contribution in [3.05, 3.63) is 47.8 Å². The molecule has 1 fully saturated rings. The van der Waals surface area contributed by atoms with Gasteiger partial charge in [-0.1, -0.05) is 6.42 Å². The molecule has 0 unspecified atom stereocenters. The van der Waals surface area contributed by atoms with Gasteiger partial charge in [-0.25, -0.2) is 9.37 Å². The van der Waals surface area contributed by atoms with Crippen LogP contribution in [0.15, 0.2) is 30.6 Å². The molecule has 0 radical (unpaired) electrons. The molecule has 7 nitrogen and oxygen atoms in total. The molecule has 3 heterocycles. The lowest BCUT2D eigenvalue weighted by atomic mass is 9.93. The summed E-state index contributed by atoms with van der Waals surface area (Å²) < 4.78 is 28.0. The second kappa shape index (κ2) is 10.4. The van der Waals surface area contributed by atoms with Crippen molar-refractivity contribution in [2.24, 2.45) is 7.05 Å². The normalized spacial score (nSPS) is 23.3. The molecule has 8 heteroatoms. The minimum Gasteiger partial charge on any atom is -0.489 e. The predicted molar refractivity (Wildman–Crippen MR) is 119 cm³/mol. The molecule has 2 bridgehead atoms. The van der Waals surface area contributed by atoms with Gasteiger partial charge in [0.15, 0.2) is 11.6 Å². The van der Waals surface area contributed by atoms with Crippen LogP contribution in [0.4, 0.5) is 4.39 Å². The first-order chi connectivity index (χ1) is 15.6. The number of amides is 1. The molecule has 1 aromatic carbocycles. The molecule has 2 aromatic rings. The molecule has 0 aliphatic carbocycles. The van der Waals surface area contributed by atoms with Crippen molar-refractivity contribution in [1.82, 2.24) is 19.4 Å². The lowest BCUT2D eigenvalue weighted by molar-refractivity contribution is -0.0156. The Kier molecular flexibility index (Phi) is 7.42. The quantitative estimate of drug-likeness (QED) is 0.728. The van der Waals surface area contributed by atoms with Gasteiger partial charge in [0.2, 0.25) is 0 Å². The van der Waals surface area contributed by atoms with Crippen LogP contribution in [0.25, 0.3) is 0 Å². The Morgan fingerprint density at radius 2 is 2.06 bits per heavy atom. The number of rotatable bonds is 3. The number of nitrogens with zero attached hydrogens (tertiary/aromatic N) is 4. The molecule has 1 saturated heterocycles. The van der Waals surface area contributed by atoms with E-state index >= 15 is 0 Å². The lowest BCUT2D eigenvalue weighted by Crippen LogP contribution is -2.51. The lowest BCUT2D eigenvalue weighted by Gasteiger charge is -2.41. The number of carbonyl (C=O) groups excluding carboxylic acids is 1. The van der Waals surface area contributed by atoms with Crippen molar-refractivity contribution in [2.45, 2.75) is 50.8 Å². The first-order valence-electron chi connectivity index (χ1n) is 11.5. The first kappa shape index (κ1) is 22.7. The largest absolute Gasteiger partial charge is 0.489 e. The fraction of sp³-hybridized carbons (Fsp3) is 0.583. The Bertz CT molecular complexity index is 918. The molecule has 2 atom stereocenters. The molecule has 1 amide bonds. The highest BCUT2D eigenvalue weighted by Crippen LogP contribution is 2.28. The molecule has 0 N–H and O–H groups in total. The van der Waals surface area contributed by atoms with Gasteiger partial charge in [0, 0.05) is 45.2 Å². The fourth-order valence-corrected chi connectivity index (χ4v) is 4.80. The van der Waals surface area contributed by atoms with Crippen LogP contribution in [0.5, 0.6) is 5.75 Å². The minimum atomic E-state index is -0.450. The van der Waals surface area contributed by atoms with E-state index in [1.165, 1.54) is 6.07 Å². The number of carbonyl (C=O) groups is 1. The average molecular weight is 445 g/mol. The Morgan fingerprint density at radius 3 is 2.84 bits per heavy atom. The van der Waals surface area contributed by atoms with Crippen LogP contribution < -0.4 is 4.74 Å². The molecule has 0 saturated carbocycles. The molecule has 2 aliphatic rings. The van der Waals surface area contributed by atoms with Gasteiger partial charge in [-0.05, 0) is 50.4 Å². The highest BCUT2D eigenvalue weighted by atomic mass is 19.1. The zero-order valence-electron chi connectivity index (χ0n) is 19.0. The Morgan fingerprint density at radius 1 is 1.19 bits per heavy atom. The highest BCUT2D eigenvalue weighted by Gasteiger charge is 2.34. The third-order valence-corrected chi connectivity index (χ3v) is 6.63. The van der Waals surface area contributed by atoms with Crippen LogP contribution in [-0.2, 0) is 18.3 Å².